The maximum atomic E-state index is 13.3. The summed E-state index contributed by atoms with van der Waals surface area (Å²) >= 11 is 0. The van der Waals surface area contributed by atoms with Crippen molar-refractivity contribution in [3.05, 3.63) is 30.0 Å². The molecule has 0 spiro atoms. The van der Waals surface area contributed by atoms with Gasteiger partial charge in [-0.3, -0.25) is 19.3 Å². The lowest BCUT2D eigenvalue weighted by molar-refractivity contribution is 0.00306. The van der Waals surface area contributed by atoms with Crippen molar-refractivity contribution in [3.63, 3.8) is 0 Å². The maximum absolute atomic E-state index is 13.3. The van der Waals surface area contributed by atoms with Crippen LogP contribution < -0.4 is 5.32 Å². The van der Waals surface area contributed by atoms with Crippen LogP contribution in [0.2, 0.25) is 0 Å². The Bertz CT molecular complexity index is 1230. The summed E-state index contributed by atoms with van der Waals surface area (Å²) in [4.78, 5) is 18.2. The van der Waals surface area contributed by atoms with Crippen molar-refractivity contribution in [2.75, 3.05) is 52.6 Å². The number of nitrogens with one attached hydrogen (secondary N) is 1. The molecule has 4 heterocycles. The van der Waals surface area contributed by atoms with Crippen LogP contribution in [0.3, 0.4) is 0 Å². The van der Waals surface area contributed by atoms with Crippen molar-refractivity contribution < 1.29 is 17.9 Å². The highest BCUT2D eigenvalue weighted by molar-refractivity contribution is 7.88. The molecular formula is C27H42N6O4S. The summed E-state index contributed by atoms with van der Waals surface area (Å²) in [5.41, 5.74) is 1.50. The average molecular weight is 547 g/mol. The van der Waals surface area contributed by atoms with E-state index in [4.69, 9.17) is 4.74 Å². The van der Waals surface area contributed by atoms with Crippen LogP contribution in [-0.2, 0) is 14.8 Å². The Labute approximate surface area is 226 Å². The standard InChI is InChI=1S/C27H42N6O4S/c1-19(2)33-25-8-6-5-7-24(25)26(29-33)27(34)28-20-15-21-9-10-22(16-20)32(21)18-23(37-3)17-30-11-13-31(14-12-30)38(4,35)36/h5-8,19-23H,9-18H2,1-4H3,(H,28,34)/t20?,21-,22+,23?. The summed E-state index contributed by atoms with van der Waals surface area (Å²) in [6, 6.07) is 9.14. The van der Waals surface area contributed by atoms with E-state index in [-0.39, 0.29) is 24.1 Å². The van der Waals surface area contributed by atoms with Crippen molar-refractivity contribution in [2.24, 2.45) is 0 Å². The van der Waals surface area contributed by atoms with E-state index < -0.39 is 10.0 Å². The van der Waals surface area contributed by atoms with Gasteiger partial charge >= 0.3 is 0 Å². The fourth-order valence-electron chi connectivity index (χ4n) is 6.57. The van der Waals surface area contributed by atoms with Crippen LogP contribution in [0.15, 0.2) is 24.3 Å². The molecule has 3 saturated heterocycles. The number of methoxy groups -OCH3 is 1. The predicted molar refractivity (Wildman–Crippen MR) is 148 cm³/mol. The molecule has 0 aliphatic carbocycles. The zero-order valence-corrected chi connectivity index (χ0v) is 23.9. The lowest BCUT2D eigenvalue weighted by atomic mass is 9.96. The lowest BCUT2D eigenvalue weighted by Gasteiger charge is -2.41. The second-order valence-corrected chi connectivity index (χ2v) is 13.4. The Morgan fingerprint density at radius 3 is 2.34 bits per heavy atom. The number of fused-ring (bicyclic) bond motifs is 3. The third-order valence-electron chi connectivity index (χ3n) is 8.55. The molecule has 2 bridgehead atoms. The first-order valence-electron chi connectivity index (χ1n) is 13.9. The van der Waals surface area contributed by atoms with Gasteiger partial charge in [-0.05, 0) is 45.6 Å². The smallest absolute Gasteiger partial charge is 0.272 e. The number of aromatic nitrogens is 2. The van der Waals surface area contributed by atoms with Crippen molar-refractivity contribution in [1.82, 2.24) is 29.2 Å². The van der Waals surface area contributed by atoms with Gasteiger partial charge in [0.2, 0.25) is 10.0 Å². The SMILES string of the molecule is COC(CN1CCN(S(C)(=O)=O)CC1)CN1[C@@H]2CC[C@H]1CC(NC(=O)c1nn(C(C)C)c3ccccc13)C2. The van der Waals surface area contributed by atoms with Gasteiger partial charge < -0.3 is 10.1 Å². The van der Waals surface area contributed by atoms with Gasteiger partial charge in [0.1, 0.15) is 0 Å². The lowest BCUT2D eigenvalue weighted by Crippen LogP contribution is -2.55. The number of ether oxygens (including phenoxy) is 1. The van der Waals surface area contributed by atoms with Crippen LogP contribution in [0.5, 0.6) is 0 Å². The van der Waals surface area contributed by atoms with Gasteiger partial charge in [0.15, 0.2) is 5.69 Å². The van der Waals surface area contributed by atoms with Gasteiger partial charge in [0.25, 0.3) is 5.91 Å². The molecule has 2 aromatic rings. The first-order chi connectivity index (χ1) is 18.1. The van der Waals surface area contributed by atoms with Crippen molar-refractivity contribution in [2.45, 2.75) is 69.8 Å². The molecule has 1 aromatic carbocycles. The third-order valence-corrected chi connectivity index (χ3v) is 9.85. The third kappa shape index (κ3) is 5.77. The average Bonchev–Trinajstić information content (AvgIpc) is 3.38. The number of carbonyl (C=O) groups excluding carboxylic acids is 1. The second kappa shape index (κ2) is 11.2. The number of para-hydroxylation sites is 1. The maximum Gasteiger partial charge on any atom is 0.272 e. The van der Waals surface area contributed by atoms with Crippen LogP contribution in [0.25, 0.3) is 10.9 Å². The van der Waals surface area contributed by atoms with Crippen molar-refractivity contribution >= 4 is 26.8 Å². The van der Waals surface area contributed by atoms with Gasteiger partial charge in [-0.1, -0.05) is 18.2 Å². The molecule has 11 heteroatoms. The number of nitrogens with zero attached hydrogens (tertiary/aromatic N) is 5. The minimum Gasteiger partial charge on any atom is -0.379 e. The number of hydrogen-bond donors (Lipinski definition) is 1. The quantitative estimate of drug-likeness (QED) is 0.513. The van der Waals surface area contributed by atoms with Gasteiger partial charge in [-0.2, -0.15) is 9.40 Å². The first-order valence-corrected chi connectivity index (χ1v) is 15.7. The molecular weight excluding hydrogens is 504 g/mol. The number of piperidine rings is 1. The Morgan fingerprint density at radius 1 is 1.08 bits per heavy atom. The summed E-state index contributed by atoms with van der Waals surface area (Å²) in [5, 5.41) is 8.90. The number of rotatable bonds is 9. The number of benzene rings is 1. The highest BCUT2D eigenvalue weighted by Gasteiger charge is 2.42. The second-order valence-electron chi connectivity index (χ2n) is 11.4. The Kier molecular flexibility index (Phi) is 8.12. The first kappa shape index (κ1) is 27.5. The van der Waals surface area contributed by atoms with Gasteiger partial charge in [-0.25, -0.2) is 8.42 Å². The summed E-state index contributed by atoms with van der Waals surface area (Å²) in [5.74, 6) is -0.0820. The number of carbonyl (C=O) groups is 1. The largest absolute Gasteiger partial charge is 0.379 e. The van der Waals surface area contributed by atoms with Crippen LogP contribution in [-0.4, -0.2) is 115 Å². The van der Waals surface area contributed by atoms with E-state index in [1.165, 1.54) is 6.26 Å². The molecule has 210 valence electrons. The number of sulfonamides is 1. The predicted octanol–water partition coefficient (Wildman–Crippen LogP) is 1.93. The zero-order chi connectivity index (χ0) is 27.0. The zero-order valence-electron chi connectivity index (χ0n) is 23.0. The summed E-state index contributed by atoms with van der Waals surface area (Å²) < 4.78 is 33.0. The molecule has 1 N–H and O–H groups in total. The monoisotopic (exact) mass is 546 g/mol. The molecule has 4 atom stereocenters. The van der Waals surface area contributed by atoms with E-state index in [9.17, 15) is 13.2 Å². The van der Waals surface area contributed by atoms with Gasteiger partial charge in [0.05, 0.1) is 17.9 Å². The minimum absolute atomic E-state index is 0.0698. The van der Waals surface area contributed by atoms with Crippen LogP contribution in [0.1, 0.15) is 56.1 Å². The number of hydrogen-bond acceptors (Lipinski definition) is 7. The van der Waals surface area contributed by atoms with E-state index in [0.29, 0.717) is 30.9 Å². The molecule has 0 radical (unpaired) electrons. The molecule has 1 amide bonds. The minimum atomic E-state index is -3.13. The number of piperazine rings is 1. The van der Waals surface area contributed by atoms with Crippen molar-refractivity contribution in [3.8, 4) is 0 Å². The molecule has 0 saturated carbocycles. The van der Waals surface area contributed by atoms with E-state index in [0.717, 1.165) is 62.8 Å². The molecule has 38 heavy (non-hydrogen) atoms. The van der Waals surface area contributed by atoms with Gasteiger partial charge in [0, 0.05) is 75.9 Å². The molecule has 3 aliphatic rings. The summed E-state index contributed by atoms with van der Waals surface area (Å²) in [6.45, 7) is 8.36. The highest BCUT2D eigenvalue weighted by atomic mass is 32.2. The topological polar surface area (TPSA) is 100 Å². The fraction of sp³-hybridized carbons (Fsp3) is 0.704. The molecule has 3 fully saturated rings. The number of amides is 1. The molecule has 2 unspecified atom stereocenters. The van der Waals surface area contributed by atoms with E-state index >= 15 is 0 Å². The Hall–Kier alpha value is -2.05. The van der Waals surface area contributed by atoms with Crippen LogP contribution in [0.4, 0.5) is 0 Å². The Balaban J connectivity index is 1.17. The van der Waals surface area contributed by atoms with Crippen LogP contribution in [0, 0.1) is 0 Å². The normalized spacial score (nSPS) is 26.3. The van der Waals surface area contributed by atoms with E-state index in [1.54, 1.807) is 11.4 Å². The van der Waals surface area contributed by atoms with Crippen LogP contribution >= 0.6 is 0 Å². The van der Waals surface area contributed by atoms with E-state index in [1.807, 2.05) is 28.9 Å². The Morgan fingerprint density at radius 2 is 1.74 bits per heavy atom. The molecule has 5 rings (SSSR count). The molecule has 10 nitrogen and oxygen atoms in total. The molecule has 3 aliphatic heterocycles. The van der Waals surface area contributed by atoms with Crippen molar-refractivity contribution in [1.29, 1.82) is 0 Å². The summed E-state index contributed by atoms with van der Waals surface area (Å²) in [6.07, 6.45) is 5.52. The summed E-state index contributed by atoms with van der Waals surface area (Å²) in [7, 11) is -1.35. The fourth-order valence-corrected chi connectivity index (χ4v) is 7.39. The van der Waals surface area contributed by atoms with Gasteiger partial charge in [-0.15, -0.1) is 0 Å². The highest BCUT2D eigenvalue weighted by Crippen LogP contribution is 2.36. The van der Waals surface area contributed by atoms with E-state index in [2.05, 4.69) is 34.1 Å². The molecule has 1 aromatic heterocycles.